The maximum absolute atomic E-state index is 13.5. The first kappa shape index (κ1) is 22.5. The summed E-state index contributed by atoms with van der Waals surface area (Å²) in [6.07, 6.45) is 6.10. The first-order valence-corrected chi connectivity index (χ1v) is 14.2. The maximum Gasteiger partial charge on any atom is 0.306 e. The number of oxazole rings is 1. The summed E-state index contributed by atoms with van der Waals surface area (Å²) in [5.41, 5.74) is 4.07. The zero-order valence-electron chi connectivity index (χ0n) is 20.0. The number of benzene rings is 1. The fourth-order valence-electron chi connectivity index (χ4n) is 3.73. The SMILES string of the molecule is CC(C)(C)[Si](C)(C)OCCc1nnc2ccc(-c3c(-c4ccc(F)cc4)nc4occn34)cn12. The average Bonchev–Trinajstić information content (AvgIpc) is 3.48. The molecule has 0 radical (unpaired) electrons. The minimum atomic E-state index is -1.84. The molecule has 0 spiro atoms. The van der Waals surface area contributed by atoms with Crippen molar-refractivity contribution in [2.45, 2.75) is 45.3 Å². The molecule has 176 valence electrons. The highest BCUT2D eigenvalue weighted by molar-refractivity contribution is 6.74. The van der Waals surface area contributed by atoms with E-state index in [9.17, 15) is 4.39 Å². The quantitative estimate of drug-likeness (QED) is 0.280. The standard InChI is InChI=1S/C25H28FN5O2Si/c1-25(2,3)34(4,5)33-14-12-21-29-28-20-11-8-18(16-31(20)21)23-22(17-6-9-19(26)10-7-17)27-24-30(23)13-15-32-24/h6-11,13,15-16H,12,14H2,1-5H3. The normalized spacial score (nSPS) is 12.8. The maximum atomic E-state index is 13.5. The van der Waals surface area contributed by atoms with Crippen molar-refractivity contribution < 1.29 is 13.2 Å². The molecule has 0 unspecified atom stereocenters. The Balaban J connectivity index is 1.52. The van der Waals surface area contributed by atoms with Crippen molar-refractivity contribution in [3.63, 3.8) is 0 Å². The van der Waals surface area contributed by atoms with E-state index in [1.54, 1.807) is 18.4 Å². The number of fused-ring (bicyclic) bond motifs is 2. The van der Waals surface area contributed by atoms with Crippen molar-refractivity contribution in [3.8, 4) is 22.5 Å². The average molecular weight is 478 g/mol. The minimum Gasteiger partial charge on any atom is -0.432 e. The Bertz CT molecular complexity index is 1460. The summed E-state index contributed by atoms with van der Waals surface area (Å²) in [4.78, 5) is 4.66. The molecule has 0 bridgehead atoms. The molecule has 0 atom stereocenters. The largest absolute Gasteiger partial charge is 0.432 e. The van der Waals surface area contributed by atoms with Crippen LogP contribution in [0.25, 0.3) is 34.0 Å². The van der Waals surface area contributed by atoms with E-state index in [0.29, 0.717) is 18.9 Å². The number of nitrogens with zero attached hydrogens (tertiary/aromatic N) is 5. The number of aromatic nitrogens is 5. The lowest BCUT2D eigenvalue weighted by atomic mass is 10.1. The first-order valence-electron chi connectivity index (χ1n) is 11.3. The van der Waals surface area contributed by atoms with E-state index < -0.39 is 8.32 Å². The molecule has 34 heavy (non-hydrogen) atoms. The summed E-state index contributed by atoms with van der Waals surface area (Å²) in [6.45, 7) is 11.8. The molecule has 0 aliphatic heterocycles. The predicted molar refractivity (Wildman–Crippen MR) is 132 cm³/mol. The highest BCUT2D eigenvalue weighted by Gasteiger charge is 2.37. The molecule has 1 aromatic carbocycles. The van der Waals surface area contributed by atoms with Crippen molar-refractivity contribution in [2.75, 3.05) is 6.61 Å². The van der Waals surface area contributed by atoms with Gasteiger partial charge in [0.25, 0.3) is 0 Å². The minimum absolute atomic E-state index is 0.155. The molecule has 0 amide bonds. The summed E-state index contributed by atoms with van der Waals surface area (Å²) >= 11 is 0. The smallest absolute Gasteiger partial charge is 0.306 e. The monoisotopic (exact) mass is 477 g/mol. The van der Waals surface area contributed by atoms with Crippen LogP contribution in [0.3, 0.4) is 0 Å². The van der Waals surface area contributed by atoms with Crippen molar-refractivity contribution >= 4 is 19.8 Å². The van der Waals surface area contributed by atoms with Crippen LogP contribution in [0, 0.1) is 5.82 Å². The van der Waals surface area contributed by atoms with Gasteiger partial charge in [-0.3, -0.25) is 8.80 Å². The van der Waals surface area contributed by atoms with Gasteiger partial charge >= 0.3 is 5.84 Å². The number of hydrogen-bond acceptors (Lipinski definition) is 5. The Kier molecular flexibility index (Phi) is 5.41. The fourth-order valence-corrected chi connectivity index (χ4v) is 4.78. The number of halogens is 1. The van der Waals surface area contributed by atoms with Crippen molar-refractivity contribution in [2.24, 2.45) is 0 Å². The molecule has 7 nitrogen and oxygen atoms in total. The molecule has 0 saturated heterocycles. The number of imidazole rings is 1. The van der Waals surface area contributed by atoms with Gasteiger partial charge in [0, 0.05) is 36.5 Å². The zero-order chi connectivity index (χ0) is 24.1. The predicted octanol–water partition coefficient (Wildman–Crippen LogP) is 6.01. The molecule has 4 heterocycles. The van der Waals surface area contributed by atoms with Crippen LogP contribution in [0.5, 0.6) is 0 Å². The molecule has 0 N–H and O–H groups in total. The van der Waals surface area contributed by atoms with Gasteiger partial charge in [0.1, 0.15) is 23.6 Å². The highest BCUT2D eigenvalue weighted by atomic mass is 28.4. The third-order valence-corrected chi connectivity index (χ3v) is 11.3. The first-order chi connectivity index (χ1) is 16.1. The van der Waals surface area contributed by atoms with Gasteiger partial charge in [-0.1, -0.05) is 20.8 Å². The molecular formula is C25H28FN5O2Si. The van der Waals surface area contributed by atoms with Gasteiger partial charge in [-0.2, -0.15) is 4.98 Å². The van der Waals surface area contributed by atoms with Crippen molar-refractivity contribution in [1.29, 1.82) is 0 Å². The second-order valence-corrected chi connectivity index (χ2v) is 14.8. The number of rotatable bonds is 6. The van der Waals surface area contributed by atoms with E-state index >= 15 is 0 Å². The second-order valence-electron chi connectivity index (χ2n) is 9.99. The van der Waals surface area contributed by atoms with Crippen LogP contribution in [0.15, 0.2) is 59.5 Å². The Morgan fingerprint density at radius 1 is 1.00 bits per heavy atom. The highest BCUT2D eigenvalue weighted by Crippen LogP contribution is 2.37. The van der Waals surface area contributed by atoms with Gasteiger partial charge < -0.3 is 8.84 Å². The molecule has 5 rings (SSSR count). The molecule has 0 saturated carbocycles. The van der Waals surface area contributed by atoms with E-state index in [1.165, 1.54) is 12.1 Å². The van der Waals surface area contributed by atoms with Crippen LogP contribution in [-0.2, 0) is 10.8 Å². The van der Waals surface area contributed by atoms with Gasteiger partial charge in [-0.25, -0.2) is 4.39 Å². The summed E-state index contributed by atoms with van der Waals surface area (Å²) in [5, 5.41) is 8.90. The molecule has 9 heteroatoms. The van der Waals surface area contributed by atoms with E-state index in [2.05, 4.69) is 49.0 Å². The van der Waals surface area contributed by atoms with Gasteiger partial charge in [0.2, 0.25) is 0 Å². The number of hydrogen-bond donors (Lipinski definition) is 0. The molecule has 5 aromatic rings. The molecule has 0 aliphatic rings. The topological polar surface area (TPSA) is 69.9 Å². The van der Waals surface area contributed by atoms with Gasteiger partial charge in [0.15, 0.2) is 14.0 Å². The summed E-state index contributed by atoms with van der Waals surface area (Å²) in [6, 6.07) is 10.2. The second kappa shape index (κ2) is 8.17. The van der Waals surface area contributed by atoms with Crippen LogP contribution in [0.1, 0.15) is 26.6 Å². The molecule has 0 aliphatic carbocycles. The van der Waals surface area contributed by atoms with Gasteiger partial charge in [-0.05, 0) is 54.5 Å². The Hall–Kier alpha value is -3.30. The lowest BCUT2D eigenvalue weighted by Crippen LogP contribution is -2.41. The summed E-state index contributed by atoms with van der Waals surface area (Å²) in [7, 11) is -1.84. The number of pyridine rings is 1. The van der Waals surface area contributed by atoms with Crippen LogP contribution < -0.4 is 0 Å². The molecule has 0 fully saturated rings. The summed E-state index contributed by atoms with van der Waals surface area (Å²) < 4.78 is 29.3. The van der Waals surface area contributed by atoms with Crippen LogP contribution in [0.4, 0.5) is 4.39 Å². The van der Waals surface area contributed by atoms with Crippen LogP contribution in [0.2, 0.25) is 18.1 Å². The Morgan fingerprint density at radius 3 is 2.47 bits per heavy atom. The van der Waals surface area contributed by atoms with Gasteiger partial charge in [0.05, 0.1) is 5.69 Å². The molecule has 4 aromatic heterocycles. The van der Waals surface area contributed by atoms with Crippen LogP contribution >= 0.6 is 0 Å². The van der Waals surface area contributed by atoms with E-state index in [4.69, 9.17) is 8.84 Å². The third-order valence-electron chi connectivity index (χ3n) is 6.72. The van der Waals surface area contributed by atoms with E-state index in [0.717, 1.165) is 34.0 Å². The van der Waals surface area contributed by atoms with Crippen molar-refractivity contribution in [1.82, 2.24) is 24.0 Å². The molecular weight excluding hydrogens is 449 g/mol. The lowest BCUT2D eigenvalue weighted by Gasteiger charge is -2.36. The summed E-state index contributed by atoms with van der Waals surface area (Å²) in [5.74, 6) is 1.02. The Labute approximate surface area is 198 Å². The fraction of sp³-hybridized carbons (Fsp3) is 0.320. The van der Waals surface area contributed by atoms with E-state index in [1.807, 2.05) is 33.3 Å². The van der Waals surface area contributed by atoms with Crippen molar-refractivity contribution in [3.05, 3.63) is 66.7 Å². The Morgan fingerprint density at radius 2 is 1.74 bits per heavy atom. The van der Waals surface area contributed by atoms with Gasteiger partial charge in [-0.15, -0.1) is 10.2 Å². The lowest BCUT2D eigenvalue weighted by molar-refractivity contribution is 0.289. The van der Waals surface area contributed by atoms with E-state index in [-0.39, 0.29) is 10.9 Å². The van der Waals surface area contributed by atoms with Crippen LogP contribution in [-0.4, -0.2) is 38.9 Å². The third kappa shape index (κ3) is 3.95. The zero-order valence-corrected chi connectivity index (χ0v) is 21.0.